The Morgan fingerprint density at radius 3 is 0.842 bits per heavy atom. The molecule has 0 spiro atoms. The van der Waals surface area contributed by atoms with Crippen LogP contribution in [0.15, 0.2) is 0 Å². The minimum absolute atomic E-state index is 0.00463. The van der Waals surface area contributed by atoms with Crippen LogP contribution in [0.1, 0.15) is 27.7 Å². The first-order valence-corrected chi connectivity index (χ1v) is 5.22. The molecule has 0 saturated carbocycles. The summed E-state index contributed by atoms with van der Waals surface area (Å²) in [5, 5.41) is 4.78. The number of ketones is 1. The van der Waals surface area contributed by atoms with Crippen LogP contribution in [0.25, 0.3) is 0 Å². The largest absolute Gasteiger partial charge is 0.388 e. The predicted molar refractivity (Wildman–Crippen MR) is 75.9 cm³/mol. The highest BCUT2D eigenvalue weighted by Gasteiger charge is 1.73. The second kappa shape index (κ2) is 36.0. The van der Waals surface area contributed by atoms with Gasteiger partial charge in [0.2, 0.25) is 11.8 Å². The standard InChI is InChI=1S/2C3H7NO.C3H6O.C2H6O.CH2O/c2*1-3(5)4-2;1-3(2)4;1-3-2;1-2/h2*1-2H3,(H,4,5);1-2H3;1-2H3;1H2. The Bertz CT molecular complexity index is 190. The number of rotatable bonds is 0. The Morgan fingerprint density at radius 2 is 0.842 bits per heavy atom. The molecule has 0 fully saturated rings. The smallest absolute Gasteiger partial charge is 0.216 e. The van der Waals surface area contributed by atoms with Crippen molar-refractivity contribution >= 4 is 24.4 Å². The summed E-state index contributed by atoms with van der Waals surface area (Å²) in [6.45, 7) is 8.00. The molecule has 2 amide bonds. The zero-order valence-electron chi connectivity index (χ0n) is 13.2. The van der Waals surface area contributed by atoms with Gasteiger partial charge in [-0.25, -0.2) is 0 Å². The summed E-state index contributed by atoms with van der Waals surface area (Å²) >= 11 is 0. The summed E-state index contributed by atoms with van der Waals surface area (Å²) in [6, 6.07) is 0. The molecule has 7 heteroatoms. The molecule has 7 nitrogen and oxygen atoms in total. The van der Waals surface area contributed by atoms with Gasteiger partial charge in [-0.05, 0) is 13.8 Å². The number of amides is 2. The van der Waals surface area contributed by atoms with E-state index in [0.29, 0.717) is 0 Å². The third-order valence-corrected chi connectivity index (χ3v) is 0.704. The highest BCUT2D eigenvalue weighted by Crippen LogP contribution is 1.50. The normalized spacial score (nSPS) is 6.11. The van der Waals surface area contributed by atoms with Crippen LogP contribution in [0, 0.1) is 0 Å². The molecule has 0 aliphatic carbocycles. The van der Waals surface area contributed by atoms with E-state index >= 15 is 0 Å². The average Bonchev–Trinajstić information content (AvgIpc) is 2.32. The van der Waals surface area contributed by atoms with Crippen molar-refractivity contribution in [2.45, 2.75) is 27.7 Å². The van der Waals surface area contributed by atoms with E-state index in [1.165, 1.54) is 27.7 Å². The number of nitrogens with one attached hydrogen (secondary N) is 2. The molecule has 0 radical (unpaired) electrons. The lowest BCUT2D eigenvalue weighted by atomic mass is 10.6. The molecule has 0 bridgehead atoms. The number of methoxy groups -OCH3 is 1. The van der Waals surface area contributed by atoms with E-state index in [0.717, 1.165) is 0 Å². The second-order valence-electron chi connectivity index (χ2n) is 2.93. The van der Waals surface area contributed by atoms with E-state index in [9.17, 15) is 14.4 Å². The maximum absolute atomic E-state index is 9.70. The predicted octanol–water partition coefficient (Wildman–Crippen LogP) is 0.178. The van der Waals surface area contributed by atoms with Crippen LogP contribution in [0.2, 0.25) is 0 Å². The van der Waals surface area contributed by atoms with Crippen LogP contribution in [-0.2, 0) is 23.9 Å². The van der Waals surface area contributed by atoms with Crippen LogP contribution >= 0.6 is 0 Å². The third-order valence-electron chi connectivity index (χ3n) is 0.704. The van der Waals surface area contributed by atoms with Gasteiger partial charge in [0.1, 0.15) is 12.6 Å². The molecule has 0 atom stereocenters. The monoisotopic (exact) mass is 280 g/mol. The number of Topliss-reactive ketones (excluding diaryl/α,β-unsaturated/α-hetero) is 1. The van der Waals surface area contributed by atoms with Gasteiger partial charge in [-0.3, -0.25) is 9.59 Å². The Balaban J connectivity index is -0.0000000446. The summed E-state index contributed by atoms with van der Waals surface area (Å²) in [5.41, 5.74) is 0. The fourth-order valence-corrected chi connectivity index (χ4v) is 0. The molecule has 116 valence electrons. The lowest BCUT2D eigenvalue weighted by Crippen LogP contribution is -2.11. The van der Waals surface area contributed by atoms with Crippen molar-refractivity contribution in [3.05, 3.63) is 0 Å². The van der Waals surface area contributed by atoms with Gasteiger partial charge in [0, 0.05) is 42.2 Å². The SMILES string of the molecule is C=O.CC(C)=O.CNC(C)=O.CNC(C)=O.COC. The third kappa shape index (κ3) is 656. The first-order chi connectivity index (χ1) is 8.69. The maximum Gasteiger partial charge on any atom is 0.216 e. The fraction of sp³-hybridized carbons (Fsp3) is 0.667. The molecule has 0 aromatic carbocycles. The molecule has 0 saturated heterocycles. The van der Waals surface area contributed by atoms with Crippen molar-refractivity contribution in [1.29, 1.82) is 0 Å². The summed E-state index contributed by atoms with van der Waals surface area (Å²) < 4.78 is 4.25. The number of carbonyl (C=O) groups excluding carboxylic acids is 4. The molecule has 0 aliphatic rings. The zero-order chi connectivity index (χ0) is 16.9. The van der Waals surface area contributed by atoms with Crippen LogP contribution < -0.4 is 10.6 Å². The topological polar surface area (TPSA) is 102 Å². The quantitative estimate of drug-likeness (QED) is 0.659. The molecule has 0 aromatic heterocycles. The Labute approximate surface area is 116 Å². The Kier molecular flexibility index (Phi) is 57.5. The summed E-state index contributed by atoms with van der Waals surface area (Å²) in [6.07, 6.45) is 0. The lowest BCUT2D eigenvalue weighted by Gasteiger charge is -1.80. The number of hydrogen-bond acceptors (Lipinski definition) is 5. The maximum atomic E-state index is 9.70. The van der Waals surface area contributed by atoms with Crippen LogP contribution in [0.3, 0.4) is 0 Å². The van der Waals surface area contributed by atoms with Crippen LogP contribution in [0.4, 0.5) is 0 Å². The molecule has 0 rings (SSSR count). The van der Waals surface area contributed by atoms with E-state index in [2.05, 4.69) is 15.4 Å². The minimum atomic E-state index is 0.00463. The van der Waals surface area contributed by atoms with E-state index in [4.69, 9.17) is 4.79 Å². The summed E-state index contributed by atoms with van der Waals surface area (Å²) in [5.74, 6) is 0.176. The van der Waals surface area contributed by atoms with Crippen molar-refractivity contribution in [2.24, 2.45) is 0 Å². The molecular formula is C12H28N2O5. The van der Waals surface area contributed by atoms with Crippen molar-refractivity contribution < 1.29 is 23.9 Å². The van der Waals surface area contributed by atoms with Crippen molar-refractivity contribution in [2.75, 3.05) is 28.3 Å². The molecular weight excluding hydrogens is 252 g/mol. The van der Waals surface area contributed by atoms with Crippen LogP contribution in [-0.4, -0.2) is 52.7 Å². The van der Waals surface area contributed by atoms with E-state index in [-0.39, 0.29) is 17.6 Å². The number of carbonyl (C=O) groups is 4. The average molecular weight is 280 g/mol. The summed E-state index contributed by atoms with van der Waals surface area (Å²) in [7, 11) is 6.45. The van der Waals surface area contributed by atoms with E-state index in [1.807, 2.05) is 6.79 Å². The van der Waals surface area contributed by atoms with Gasteiger partial charge in [0.25, 0.3) is 0 Å². The highest BCUT2D eigenvalue weighted by atomic mass is 16.4. The van der Waals surface area contributed by atoms with Gasteiger partial charge in [0.05, 0.1) is 0 Å². The number of ether oxygens (including phenoxy) is 1. The van der Waals surface area contributed by atoms with E-state index < -0.39 is 0 Å². The Hall–Kier alpha value is -1.76. The lowest BCUT2D eigenvalue weighted by molar-refractivity contribution is -0.119. The molecule has 0 heterocycles. The van der Waals surface area contributed by atoms with Crippen LogP contribution in [0.5, 0.6) is 0 Å². The molecule has 19 heavy (non-hydrogen) atoms. The first kappa shape index (κ1) is 30.3. The van der Waals surface area contributed by atoms with Gasteiger partial charge in [-0.2, -0.15) is 0 Å². The van der Waals surface area contributed by atoms with Gasteiger partial charge >= 0.3 is 0 Å². The zero-order valence-corrected chi connectivity index (χ0v) is 13.2. The van der Waals surface area contributed by atoms with Gasteiger partial charge in [0.15, 0.2) is 0 Å². The molecule has 0 unspecified atom stereocenters. The molecule has 0 aliphatic heterocycles. The fourth-order valence-electron chi connectivity index (χ4n) is 0. The minimum Gasteiger partial charge on any atom is -0.388 e. The van der Waals surface area contributed by atoms with Gasteiger partial charge in [-0.1, -0.05) is 0 Å². The van der Waals surface area contributed by atoms with Crippen molar-refractivity contribution in [1.82, 2.24) is 10.6 Å². The van der Waals surface area contributed by atoms with Crippen molar-refractivity contribution in [3.63, 3.8) is 0 Å². The van der Waals surface area contributed by atoms with Crippen molar-refractivity contribution in [3.8, 4) is 0 Å². The van der Waals surface area contributed by atoms with Gasteiger partial charge < -0.3 is 25.0 Å². The molecule has 2 N–H and O–H groups in total. The summed E-state index contributed by atoms with van der Waals surface area (Å²) in [4.78, 5) is 36.8. The first-order valence-electron chi connectivity index (χ1n) is 5.22. The number of hydrogen-bond donors (Lipinski definition) is 2. The highest BCUT2D eigenvalue weighted by molar-refractivity contribution is 5.72. The molecule has 0 aromatic rings. The Morgan fingerprint density at radius 1 is 0.789 bits per heavy atom. The second-order valence-corrected chi connectivity index (χ2v) is 2.93. The van der Waals surface area contributed by atoms with Gasteiger partial charge in [-0.15, -0.1) is 0 Å². The van der Waals surface area contributed by atoms with E-state index in [1.54, 1.807) is 28.3 Å².